The van der Waals surface area contributed by atoms with Crippen molar-refractivity contribution in [3.63, 3.8) is 0 Å². The van der Waals surface area contributed by atoms with Crippen LogP contribution in [-0.4, -0.2) is 30.7 Å². The molecule has 0 radical (unpaired) electrons. The lowest BCUT2D eigenvalue weighted by molar-refractivity contribution is -0.137. The Morgan fingerprint density at radius 2 is 1.90 bits per heavy atom. The average molecular weight is 334 g/mol. The van der Waals surface area contributed by atoms with Crippen molar-refractivity contribution in [1.82, 2.24) is 0 Å². The number of amides is 1. The topological polar surface area (TPSA) is 115 Å². The minimum Gasteiger partial charge on any atom is -0.480 e. The van der Waals surface area contributed by atoms with E-state index in [1.807, 2.05) is 0 Å². The van der Waals surface area contributed by atoms with Gasteiger partial charge < -0.3 is 10.8 Å². The highest BCUT2D eigenvalue weighted by Gasteiger charge is 2.35. The summed E-state index contributed by atoms with van der Waals surface area (Å²) in [6.07, 6.45) is 0. The molecule has 21 heavy (non-hydrogen) atoms. The van der Waals surface area contributed by atoms with Crippen LogP contribution in [0.2, 0.25) is 5.02 Å². The van der Waals surface area contributed by atoms with Crippen molar-refractivity contribution in [2.45, 2.75) is 24.9 Å². The number of hydrogen-bond donors (Lipinski definition) is 2. The summed E-state index contributed by atoms with van der Waals surface area (Å²) in [6.45, 7) is 3.04. The number of aliphatic carboxylic acids is 1. The van der Waals surface area contributed by atoms with Crippen LogP contribution >= 0.6 is 11.6 Å². The highest BCUT2D eigenvalue weighted by Crippen LogP contribution is 2.24. The van der Waals surface area contributed by atoms with Crippen LogP contribution in [0, 0.1) is 5.92 Å². The first-order valence-electron chi connectivity index (χ1n) is 6.09. The van der Waals surface area contributed by atoms with Crippen LogP contribution in [0.4, 0.5) is 0 Å². The molecule has 116 valence electrons. The van der Waals surface area contributed by atoms with Gasteiger partial charge >= 0.3 is 5.97 Å². The molecule has 0 heterocycles. The van der Waals surface area contributed by atoms with Crippen molar-refractivity contribution in [3.8, 4) is 0 Å². The Morgan fingerprint density at radius 3 is 2.29 bits per heavy atom. The predicted molar refractivity (Wildman–Crippen MR) is 78.9 cm³/mol. The number of primary amides is 1. The van der Waals surface area contributed by atoms with Gasteiger partial charge in [-0.1, -0.05) is 31.5 Å². The predicted octanol–water partition coefficient (Wildman–Crippen LogP) is 1.46. The number of sulfone groups is 1. The number of benzene rings is 1. The summed E-state index contributed by atoms with van der Waals surface area (Å²) in [7, 11) is -3.93. The fourth-order valence-corrected chi connectivity index (χ4v) is 4.31. The van der Waals surface area contributed by atoms with E-state index in [9.17, 15) is 18.0 Å². The quantitative estimate of drug-likeness (QED) is 0.817. The second kappa shape index (κ2) is 6.44. The molecule has 0 bridgehead atoms. The van der Waals surface area contributed by atoms with E-state index in [0.717, 1.165) is 0 Å². The minimum atomic E-state index is -3.93. The molecule has 1 unspecified atom stereocenters. The van der Waals surface area contributed by atoms with Crippen molar-refractivity contribution in [2.24, 2.45) is 11.7 Å². The molecule has 1 aromatic carbocycles. The molecule has 0 fully saturated rings. The summed E-state index contributed by atoms with van der Waals surface area (Å²) < 4.78 is 24.4. The van der Waals surface area contributed by atoms with Crippen LogP contribution in [0.1, 0.15) is 29.8 Å². The second-order valence-electron chi connectivity index (χ2n) is 4.98. The molecule has 0 saturated heterocycles. The zero-order chi connectivity index (χ0) is 16.4. The van der Waals surface area contributed by atoms with Gasteiger partial charge in [-0.05, 0) is 23.6 Å². The molecule has 3 N–H and O–H groups in total. The summed E-state index contributed by atoms with van der Waals surface area (Å²) in [4.78, 5) is 22.1. The van der Waals surface area contributed by atoms with Crippen LogP contribution in [0.25, 0.3) is 0 Å². The average Bonchev–Trinajstić information content (AvgIpc) is 2.29. The van der Waals surface area contributed by atoms with Gasteiger partial charge in [-0.2, -0.15) is 0 Å². The standard InChI is InChI=1S/C13H16ClNO5S/c1-7(2)11(13(17)18)21(19,20)6-9-4-3-8(12(15)16)5-10(9)14/h3-5,7,11H,6H2,1-2H3,(H2,15,16)(H,17,18). The summed E-state index contributed by atoms with van der Waals surface area (Å²) in [6, 6.07) is 3.98. The van der Waals surface area contributed by atoms with Crippen LogP contribution in [0.3, 0.4) is 0 Å². The minimum absolute atomic E-state index is 0.0581. The Kier molecular flexibility index (Phi) is 5.36. The van der Waals surface area contributed by atoms with Gasteiger partial charge in [-0.3, -0.25) is 9.59 Å². The first-order valence-corrected chi connectivity index (χ1v) is 8.18. The molecule has 8 heteroatoms. The molecule has 6 nitrogen and oxygen atoms in total. The van der Waals surface area contributed by atoms with E-state index < -0.39 is 38.6 Å². The van der Waals surface area contributed by atoms with Crippen LogP contribution in [0.15, 0.2) is 18.2 Å². The number of nitrogens with two attached hydrogens (primary N) is 1. The van der Waals surface area contributed by atoms with E-state index >= 15 is 0 Å². The molecule has 0 aliphatic rings. The molecular formula is C13H16ClNO5S. The maximum absolute atomic E-state index is 12.2. The number of carboxylic acids is 1. The zero-order valence-electron chi connectivity index (χ0n) is 11.5. The fourth-order valence-electron chi connectivity index (χ4n) is 1.98. The summed E-state index contributed by atoms with van der Waals surface area (Å²) in [5.74, 6) is -3.16. The van der Waals surface area contributed by atoms with E-state index in [1.165, 1.54) is 32.0 Å². The maximum atomic E-state index is 12.2. The van der Waals surface area contributed by atoms with E-state index in [-0.39, 0.29) is 16.1 Å². The first kappa shape index (κ1) is 17.5. The molecule has 0 saturated carbocycles. The van der Waals surface area contributed by atoms with E-state index in [2.05, 4.69) is 0 Å². The van der Waals surface area contributed by atoms with Gasteiger partial charge in [0.05, 0.1) is 5.75 Å². The van der Waals surface area contributed by atoms with Gasteiger partial charge in [-0.15, -0.1) is 0 Å². The van der Waals surface area contributed by atoms with Crippen LogP contribution in [-0.2, 0) is 20.4 Å². The van der Waals surface area contributed by atoms with Gasteiger partial charge in [-0.25, -0.2) is 8.42 Å². The smallest absolute Gasteiger partial charge is 0.322 e. The number of carboxylic acid groups (broad SMARTS) is 1. The third-order valence-electron chi connectivity index (χ3n) is 2.93. The highest BCUT2D eigenvalue weighted by molar-refractivity contribution is 7.92. The number of rotatable bonds is 6. The third-order valence-corrected chi connectivity index (χ3v) is 5.52. The fraction of sp³-hybridized carbons (Fsp3) is 0.385. The van der Waals surface area contributed by atoms with E-state index in [1.54, 1.807) is 0 Å². The van der Waals surface area contributed by atoms with Gasteiger partial charge in [0.1, 0.15) is 0 Å². The monoisotopic (exact) mass is 333 g/mol. The van der Waals surface area contributed by atoms with Crippen molar-refractivity contribution in [1.29, 1.82) is 0 Å². The number of halogens is 1. The summed E-state index contributed by atoms with van der Waals surface area (Å²) in [5, 5.41) is 7.62. The second-order valence-corrected chi connectivity index (χ2v) is 7.51. The normalized spacial score (nSPS) is 13.1. The molecule has 1 rings (SSSR count). The first-order chi connectivity index (χ1) is 9.56. The lowest BCUT2D eigenvalue weighted by atomic mass is 10.1. The SMILES string of the molecule is CC(C)C(C(=O)O)S(=O)(=O)Cc1ccc(C(N)=O)cc1Cl. The van der Waals surface area contributed by atoms with Crippen molar-refractivity contribution < 1.29 is 23.1 Å². The maximum Gasteiger partial charge on any atom is 0.322 e. The Morgan fingerprint density at radius 1 is 1.33 bits per heavy atom. The largest absolute Gasteiger partial charge is 0.480 e. The number of hydrogen-bond acceptors (Lipinski definition) is 4. The van der Waals surface area contributed by atoms with Crippen LogP contribution < -0.4 is 5.73 Å². The van der Waals surface area contributed by atoms with Crippen molar-refractivity contribution in [3.05, 3.63) is 34.3 Å². The van der Waals surface area contributed by atoms with Crippen molar-refractivity contribution >= 4 is 33.3 Å². The molecule has 0 aromatic heterocycles. The zero-order valence-corrected chi connectivity index (χ0v) is 13.1. The summed E-state index contributed by atoms with van der Waals surface area (Å²) in [5.41, 5.74) is 5.48. The molecule has 0 spiro atoms. The van der Waals surface area contributed by atoms with Gasteiger partial charge in [0.15, 0.2) is 15.1 Å². The Balaban J connectivity index is 3.15. The van der Waals surface area contributed by atoms with Gasteiger partial charge in [0, 0.05) is 10.6 Å². The van der Waals surface area contributed by atoms with Gasteiger partial charge in [0.2, 0.25) is 5.91 Å². The Hall–Kier alpha value is -1.60. The number of carbonyl (C=O) groups excluding carboxylic acids is 1. The molecule has 1 amide bonds. The summed E-state index contributed by atoms with van der Waals surface area (Å²) >= 11 is 5.92. The Labute approximate surface area is 127 Å². The van der Waals surface area contributed by atoms with Crippen molar-refractivity contribution in [2.75, 3.05) is 0 Å². The molecule has 1 aromatic rings. The molecule has 0 aliphatic heterocycles. The molecule has 1 atom stereocenters. The molecule has 0 aliphatic carbocycles. The Bertz CT molecular complexity index is 669. The lowest BCUT2D eigenvalue weighted by Crippen LogP contribution is -2.35. The third kappa shape index (κ3) is 4.18. The van der Waals surface area contributed by atoms with Gasteiger partial charge in [0.25, 0.3) is 0 Å². The lowest BCUT2D eigenvalue weighted by Gasteiger charge is -2.17. The highest BCUT2D eigenvalue weighted by atomic mass is 35.5. The van der Waals surface area contributed by atoms with E-state index in [4.69, 9.17) is 22.4 Å². The molecular weight excluding hydrogens is 318 g/mol. The number of carbonyl (C=O) groups is 2. The van der Waals surface area contributed by atoms with Crippen LogP contribution in [0.5, 0.6) is 0 Å². The van der Waals surface area contributed by atoms with E-state index in [0.29, 0.717) is 0 Å².